The van der Waals surface area contributed by atoms with Crippen LogP contribution in [-0.2, 0) is 9.47 Å². The molecule has 5 heteroatoms. The zero-order valence-corrected chi connectivity index (χ0v) is 14.4. The van der Waals surface area contributed by atoms with Crippen molar-refractivity contribution in [3.05, 3.63) is 28.7 Å². The number of rotatable bonds is 7. The predicted molar refractivity (Wildman–Crippen MR) is 86.0 cm³/mol. The third-order valence-corrected chi connectivity index (χ3v) is 4.00. The maximum atomic E-state index is 5.73. The van der Waals surface area contributed by atoms with Crippen molar-refractivity contribution in [2.45, 2.75) is 26.1 Å². The molecule has 0 spiro atoms. The highest BCUT2D eigenvalue weighted by molar-refractivity contribution is 9.10. The molecule has 118 valence electrons. The molecule has 0 amide bonds. The molecule has 1 heterocycles. The molecule has 0 radical (unpaired) electrons. The summed E-state index contributed by atoms with van der Waals surface area (Å²) >= 11 is 3.43. The monoisotopic (exact) mass is 358 g/mol. The topological polar surface area (TPSA) is 32.1 Å². The number of hydrogen-bond acceptors (Lipinski definition) is 3. The van der Waals surface area contributed by atoms with Crippen LogP contribution in [0, 0.1) is 0 Å². The van der Waals surface area contributed by atoms with Gasteiger partial charge in [0, 0.05) is 4.47 Å². The van der Waals surface area contributed by atoms with Crippen LogP contribution < -0.4 is 9.64 Å². The van der Waals surface area contributed by atoms with Gasteiger partial charge in [-0.1, -0.05) is 22.0 Å². The Morgan fingerprint density at radius 2 is 1.95 bits per heavy atom. The van der Waals surface area contributed by atoms with Crippen molar-refractivity contribution in [2.24, 2.45) is 0 Å². The second-order valence-corrected chi connectivity index (χ2v) is 6.50. The number of ether oxygens (including phenoxy) is 3. The van der Waals surface area contributed by atoms with Gasteiger partial charge in [0.2, 0.25) is 0 Å². The fourth-order valence-electron chi connectivity index (χ4n) is 2.69. The number of halogens is 1. The predicted octanol–water partition coefficient (Wildman–Crippen LogP) is 1.54. The van der Waals surface area contributed by atoms with E-state index < -0.39 is 0 Å². The normalized spacial score (nSPS) is 25.8. The Balaban J connectivity index is 1.54. The molecule has 2 rings (SSSR count). The SMILES string of the molecule is C[C@@H]1C[NH+](CCOCCOc2cccc(Br)c2)C[C@H](C)O1. The van der Waals surface area contributed by atoms with Gasteiger partial charge in [0.15, 0.2) is 0 Å². The molecule has 1 N–H and O–H groups in total. The molecule has 0 saturated carbocycles. The van der Waals surface area contributed by atoms with Crippen LogP contribution in [0.3, 0.4) is 0 Å². The molecule has 1 saturated heterocycles. The van der Waals surface area contributed by atoms with E-state index in [1.165, 1.54) is 0 Å². The van der Waals surface area contributed by atoms with Gasteiger partial charge < -0.3 is 19.1 Å². The van der Waals surface area contributed by atoms with Gasteiger partial charge in [0.25, 0.3) is 0 Å². The zero-order valence-electron chi connectivity index (χ0n) is 12.8. The highest BCUT2D eigenvalue weighted by atomic mass is 79.9. The van der Waals surface area contributed by atoms with E-state index in [0.29, 0.717) is 25.4 Å². The van der Waals surface area contributed by atoms with Gasteiger partial charge in [-0.05, 0) is 32.0 Å². The molecule has 1 aromatic carbocycles. The van der Waals surface area contributed by atoms with Crippen LogP contribution in [0.1, 0.15) is 13.8 Å². The largest absolute Gasteiger partial charge is 0.491 e. The van der Waals surface area contributed by atoms with E-state index in [9.17, 15) is 0 Å². The lowest BCUT2D eigenvalue weighted by Gasteiger charge is -2.32. The van der Waals surface area contributed by atoms with Gasteiger partial charge in [-0.15, -0.1) is 0 Å². The first kappa shape index (κ1) is 16.7. The first-order valence-electron chi connectivity index (χ1n) is 7.58. The second-order valence-electron chi connectivity index (χ2n) is 5.58. The van der Waals surface area contributed by atoms with E-state index in [2.05, 4.69) is 29.8 Å². The molecule has 21 heavy (non-hydrogen) atoms. The third-order valence-electron chi connectivity index (χ3n) is 3.51. The van der Waals surface area contributed by atoms with Gasteiger partial charge in [-0.25, -0.2) is 0 Å². The van der Waals surface area contributed by atoms with Crippen LogP contribution in [0.15, 0.2) is 28.7 Å². The Bertz CT molecular complexity index is 420. The van der Waals surface area contributed by atoms with Crippen molar-refractivity contribution in [1.29, 1.82) is 0 Å². The van der Waals surface area contributed by atoms with Gasteiger partial charge in [-0.2, -0.15) is 0 Å². The minimum Gasteiger partial charge on any atom is -0.491 e. The summed E-state index contributed by atoms with van der Waals surface area (Å²) in [7, 11) is 0. The van der Waals surface area contributed by atoms with Crippen LogP contribution in [0.4, 0.5) is 0 Å². The van der Waals surface area contributed by atoms with Gasteiger partial charge in [0.05, 0.1) is 13.2 Å². The highest BCUT2D eigenvalue weighted by Crippen LogP contribution is 2.17. The summed E-state index contributed by atoms with van der Waals surface area (Å²) in [5, 5.41) is 0. The van der Waals surface area contributed by atoms with Crippen molar-refractivity contribution < 1.29 is 19.1 Å². The van der Waals surface area contributed by atoms with Gasteiger partial charge >= 0.3 is 0 Å². The molecule has 1 fully saturated rings. The molecule has 0 aromatic heterocycles. The molecular formula is C16H25BrNO3+. The van der Waals surface area contributed by atoms with Gasteiger partial charge in [-0.3, -0.25) is 0 Å². The molecule has 1 aliphatic heterocycles. The summed E-state index contributed by atoms with van der Waals surface area (Å²) in [6.07, 6.45) is 0.701. The second kappa shape index (κ2) is 8.73. The number of nitrogens with one attached hydrogen (secondary N) is 1. The first-order chi connectivity index (χ1) is 10.1. The first-order valence-corrected chi connectivity index (χ1v) is 8.38. The third kappa shape index (κ3) is 6.34. The summed E-state index contributed by atoms with van der Waals surface area (Å²) in [6, 6.07) is 7.85. The van der Waals surface area contributed by atoms with E-state index in [1.54, 1.807) is 4.90 Å². The van der Waals surface area contributed by atoms with E-state index in [-0.39, 0.29) is 0 Å². The molecule has 3 atom stereocenters. The van der Waals surface area contributed by atoms with E-state index in [1.807, 2.05) is 24.3 Å². The van der Waals surface area contributed by atoms with Crippen LogP contribution in [0.5, 0.6) is 5.75 Å². The zero-order chi connectivity index (χ0) is 15.1. The Morgan fingerprint density at radius 3 is 2.67 bits per heavy atom. The minimum atomic E-state index is 0.351. The van der Waals surface area contributed by atoms with Crippen LogP contribution >= 0.6 is 15.9 Å². The molecule has 4 nitrogen and oxygen atoms in total. The fraction of sp³-hybridized carbons (Fsp3) is 0.625. The summed E-state index contributed by atoms with van der Waals surface area (Å²) in [5.41, 5.74) is 0. The highest BCUT2D eigenvalue weighted by Gasteiger charge is 2.24. The molecule has 1 unspecified atom stereocenters. The van der Waals surface area contributed by atoms with Crippen LogP contribution in [0.25, 0.3) is 0 Å². The maximum absolute atomic E-state index is 5.73. The number of morpholine rings is 1. The number of benzene rings is 1. The minimum absolute atomic E-state index is 0.351. The Morgan fingerprint density at radius 1 is 1.19 bits per heavy atom. The van der Waals surface area contributed by atoms with Crippen molar-refractivity contribution in [3.8, 4) is 5.75 Å². The summed E-state index contributed by atoms with van der Waals surface area (Å²) in [4.78, 5) is 1.56. The smallest absolute Gasteiger partial charge is 0.120 e. The maximum Gasteiger partial charge on any atom is 0.120 e. The summed E-state index contributed by atoms with van der Waals surface area (Å²) < 4.78 is 18.1. The average molecular weight is 359 g/mol. The number of hydrogen-bond donors (Lipinski definition) is 1. The molecule has 1 aromatic rings. The van der Waals surface area contributed by atoms with Crippen LogP contribution in [-0.4, -0.2) is 51.7 Å². The number of quaternary nitrogens is 1. The Hall–Kier alpha value is -0.620. The lowest BCUT2D eigenvalue weighted by Crippen LogP contribution is -3.15. The van der Waals surface area contributed by atoms with Crippen molar-refractivity contribution in [3.63, 3.8) is 0 Å². The van der Waals surface area contributed by atoms with Crippen molar-refractivity contribution in [2.75, 3.05) is 39.5 Å². The van der Waals surface area contributed by atoms with Gasteiger partial charge in [0.1, 0.15) is 44.2 Å². The summed E-state index contributed by atoms with van der Waals surface area (Å²) in [6.45, 7) is 9.45. The molecule has 1 aliphatic rings. The lowest BCUT2D eigenvalue weighted by molar-refractivity contribution is -0.915. The average Bonchev–Trinajstić information content (AvgIpc) is 2.42. The van der Waals surface area contributed by atoms with E-state index >= 15 is 0 Å². The quantitative estimate of drug-likeness (QED) is 0.750. The van der Waals surface area contributed by atoms with Crippen LogP contribution in [0.2, 0.25) is 0 Å². The molecule has 0 aliphatic carbocycles. The Kier molecular flexibility index (Phi) is 6.96. The van der Waals surface area contributed by atoms with Crippen molar-refractivity contribution in [1.82, 2.24) is 0 Å². The molecule has 0 bridgehead atoms. The summed E-state index contributed by atoms with van der Waals surface area (Å²) in [5.74, 6) is 0.870. The lowest BCUT2D eigenvalue weighted by atomic mass is 10.2. The van der Waals surface area contributed by atoms with Crippen molar-refractivity contribution >= 4 is 15.9 Å². The van der Waals surface area contributed by atoms with E-state index in [0.717, 1.165) is 36.5 Å². The Labute approximate surface area is 135 Å². The standard InChI is InChI=1S/C16H24BrNO3/c1-13-11-18(12-14(2)21-13)6-7-19-8-9-20-16-5-3-4-15(17)10-16/h3-5,10,13-14H,6-9,11-12H2,1-2H3/p+1/t13-,14+. The van der Waals surface area contributed by atoms with E-state index in [4.69, 9.17) is 14.2 Å². The fourth-order valence-corrected chi connectivity index (χ4v) is 3.07. The molecular weight excluding hydrogens is 334 g/mol.